The Morgan fingerprint density at radius 1 is 1.12 bits per heavy atom. The van der Waals surface area contributed by atoms with Gasteiger partial charge in [0.2, 0.25) is 15.8 Å². The number of thiazole rings is 1. The number of benzene rings is 1. The third-order valence-electron chi connectivity index (χ3n) is 4.80. The van der Waals surface area contributed by atoms with E-state index in [-0.39, 0.29) is 21.9 Å². The highest BCUT2D eigenvalue weighted by atomic mass is 32.2. The van der Waals surface area contributed by atoms with Crippen LogP contribution in [-0.4, -0.2) is 43.2 Å². The van der Waals surface area contributed by atoms with E-state index in [1.807, 2.05) is 0 Å². The van der Waals surface area contributed by atoms with Crippen molar-refractivity contribution < 1.29 is 35.2 Å². The summed E-state index contributed by atoms with van der Waals surface area (Å²) in [6, 6.07) is 2.21. The highest BCUT2D eigenvalue weighted by Gasteiger charge is 2.36. The lowest BCUT2D eigenvalue weighted by atomic mass is 9.92. The van der Waals surface area contributed by atoms with E-state index in [9.17, 15) is 35.2 Å². The van der Waals surface area contributed by atoms with Crippen molar-refractivity contribution in [3.8, 4) is 0 Å². The van der Waals surface area contributed by atoms with Gasteiger partial charge in [-0.15, -0.1) is 0 Å². The summed E-state index contributed by atoms with van der Waals surface area (Å²) >= 11 is 0.824. The Labute approximate surface area is 184 Å². The molecule has 0 saturated heterocycles. The number of nitrogen functional groups attached to an aromatic ring is 1. The maximum absolute atomic E-state index is 13.9. The summed E-state index contributed by atoms with van der Waals surface area (Å²) in [6.07, 6.45) is -3.40. The predicted octanol–water partition coefficient (Wildman–Crippen LogP) is 3.44. The minimum atomic E-state index is -4.82. The number of hydrogen-bond acceptors (Lipinski definition) is 7. The molecule has 14 heteroatoms. The number of sulfonamides is 1. The topological polar surface area (TPSA) is 114 Å². The molecule has 4 N–H and O–H groups in total. The van der Waals surface area contributed by atoms with Crippen LogP contribution < -0.4 is 15.8 Å². The maximum atomic E-state index is 13.9. The summed E-state index contributed by atoms with van der Waals surface area (Å²) in [6.45, 7) is 0. The second-order valence-electron chi connectivity index (χ2n) is 7.34. The molecule has 1 heterocycles. The average molecular weight is 498 g/mol. The Morgan fingerprint density at radius 2 is 1.69 bits per heavy atom. The highest BCUT2D eigenvalue weighted by Crippen LogP contribution is 2.31. The summed E-state index contributed by atoms with van der Waals surface area (Å²) in [5.74, 6) is -5.12. The average Bonchev–Trinajstić information content (AvgIpc) is 3.01. The van der Waals surface area contributed by atoms with Gasteiger partial charge in [-0.1, -0.05) is 17.4 Å². The van der Waals surface area contributed by atoms with E-state index >= 15 is 0 Å². The van der Waals surface area contributed by atoms with E-state index < -0.39 is 51.0 Å². The van der Waals surface area contributed by atoms with Crippen LogP contribution in [0.15, 0.2) is 18.2 Å². The number of hydrogen-bond donors (Lipinski definition) is 3. The minimum Gasteiger partial charge on any atom is -0.382 e. The SMILES string of the molecule is Nc1nc(N[C@H]2CC[C@H](NS(=O)(=O)CC(F)(F)F)CC2)sc1C(=O)c1c(F)cccc1F. The number of alkyl halides is 3. The number of carbonyl (C=O) groups excluding carboxylic acids is 1. The lowest BCUT2D eigenvalue weighted by Gasteiger charge is -2.29. The molecule has 2 aromatic rings. The van der Waals surface area contributed by atoms with Gasteiger partial charge in [0, 0.05) is 12.1 Å². The molecule has 0 radical (unpaired) electrons. The van der Waals surface area contributed by atoms with E-state index in [2.05, 4.69) is 15.0 Å². The van der Waals surface area contributed by atoms with Crippen LogP contribution in [0.5, 0.6) is 0 Å². The molecular formula is C18H19F5N4O3S2. The van der Waals surface area contributed by atoms with E-state index in [0.29, 0.717) is 25.7 Å². The van der Waals surface area contributed by atoms with Crippen LogP contribution in [0.25, 0.3) is 0 Å². The number of anilines is 2. The molecule has 1 aliphatic carbocycles. The molecule has 32 heavy (non-hydrogen) atoms. The Morgan fingerprint density at radius 3 is 2.25 bits per heavy atom. The number of aromatic nitrogens is 1. The number of nitrogens with one attached hydrogen (secondary N) is 2. The first kappa shape index (κ1) is 24.3. The van der Waals surface area contributed by atoms with Gasteiger partial charge in [0.1, 0.15) is 22.3 Å². The Hall–Kier alpha value is -2.32. The van der Waals surface area contributed by atoms with Gasteiger partial charge < -0.3 is 11.1 Å². The maximum Gasteiger partial charge on any atom is 0.404 e. The smallest absolute Gasteiger partial charge is 0.382 e. The normalized spacial score (nSPS) is 19.7. The van der Waals surface area contributed by atoms with Crippen LogP contribution in [0.3, 0.4) is 0 Å². The van der Waals surface area contributed by atoms with Gasteiger partial charge in [-0.3, -0.25) is 4.79 Å². The van der Waals surface area contributed by atoms with E-state index in [4.69, 9.17) is 5.73 Å². The van der Waals surface area contributed by atoms with Crippen LogP contribution in [0.2, 0.25) is 0 Å². The second-order valence-corrected chi connectivity index (χ2v) is 10.1. The molecule has 7 nitrogen and oxygen atoms in total. The second kappa shape index (κ2) is 9.27. The molecule has 176 valence electrons. The summed E-state index contributed by atoms with van der Waals surface area (Å²) in [5, 5.41) is 3.27. The van der Waals surface area contributed by atoms with Crippen molar-refractivity contribution in [1.82, 2.24) is 9.71 Å². The van der Waals surface area contributed by atoms with Crippen LogP contribution in [0.1, 0.15) is 40.9 Å². The summed E-state index contributed by atoms with van der Waals surface area (Å²) in [5.41, 5.74) is 5.02. The van der Waals surface area contributed by atoms with Crippen LogP contribution in [0.4, 0.5) is 32.9 Å². The number of nitrogens with zero attached hydrogens (tertiary/aromatic N) is 1. The highest BCUT2D eigenvalue weighted by molar-refractivity contribution is 7.89. The van der Waals surface area contributed by atoms with Crippen molar-refractivity contribution in [2.24, 2.45) is 0 Å². The molecule has 0 bridgehead atoms. The molecule has 3 rings (SSSR count). The molecule has 0 unspecified atom stereocenters. The molecule has 0 aliphatic heterocycles. The summed E-state index contributed by atoms with van der Waals surface area (Å²) < 4.78 is 90.1. The number of rotatable bonds is 7. The molecule has 1 saturated carbocycles. The Kier molecular flexibility index (Phi) is 7.05. The fourth-order valence-corrected chi connectivity index (χ4v) is 5.59. The van der Waals surface area contributed by atoms with E-state index in [0.717, 1.165) is 29.5 Å². The number of ketones is 1. The minimum absolute atomic E-state index is 0.134. The third kappa shape index (κ3) is 6.13. The predicted molar refractivity (Wildman–Crippen MR) is 109 cm³/mol. The van der Waals surface area contributed by atoms with E-state index in [1.54, 1.807) is 0 Å². The van der Waals surface area contributed by atoms with Gasteiger partial charge >= 0.3 is 6.18 Å². The van der Waals surface area contributed by atoms with Crippen LogP contribution in [0, 0.1) is 11.6 Å². The van der Waals surface area contributed by atoms with Gasteiger partial charge in [-0.05, 0) is 37.8 Å². The zero-order valence-corrected chi connectivity index (χ0v) is 18.0. The van der Waals surface area contributed by atoms with Crippen LogP contribution in [-0.2, 0) is 10.0 Å². The lowest BCUT2D eigenvalue weighted by molar-refractivity contribution is -0.106. The summed E-state index contributed by atoms with van der Waals surface area (Å²) in [4.78, 5) is 16.4. The van der Waals surface area contributed by atoms with Gasteiger partial charge in [-0.2, -0.15) is 13.2 Å². The fourth-order valence-electron chi connectivity index (χ4n) is 3.43. The number of nitrogens with two attached hydrogens (primary N) is 1. The molecule has 1 fully saturated rings. The largest absolute Gasteiger partial charge is 0.404 e. The van der Waals surface area contributed by atoms with Gasteiger partial charge in [0.05, 0.1) is 5.56 Å². The molecule has 0 atom stereocenters. The van der Waals surface area contributed by atoms with Gasteiger partial charge in [0.15, 0.2) is 10.9 Å². The number of halogens is 5. The van der Waals surface area contributed by atoms with Crippen molar-refractivity contribution in [1.29, 1.82) is 0 Å². The zero-order valence-electron chi connectivity index (χ0n) is 16.4. The van der Waals surface area contributed by atoms with Crippen molar-refractivity contribution in [2.75, 3.05) is 16.8 Å². The molecule has 1 aliphatic rings. The van der Waals surface area contributed by atoms with Crippen LogP contribution >= 0.6 is 11.3 Å². The quantitative estimate of drug-likeness (QED) is 0.398. The molecule has 0 amide bonds. The van der Waals surface area contributed by atoms with Gasteiger partial charge in [0.25, 0.3) is 0 Å². The first-order chi connectivity index (χ1) is 14.8. The molecular weight excluding hydrogens is 479 g/mol. The first-order valence-corrected chi connectivity index (χ1v) is 11.9. The Balaban J connectivity index is 1.60. The molecule has 1 aromatic heterocycles. The zero-order chi connectivity index (χ0) is 23.7. The van der Waals surface area contributed by atoms with Gasteiger partial charge in [-0.25, -0.2) is 26.9 Å². The van der Waals surface area contributed by atoms with E-state index in [1.165, 1.54) is 0 Å². The van der Waals surface area contributed by atoms with Crippen molar-refractivity contribution in [2.45, 2.75) is 43.9 Å². The fraction of sp³-hybridized carbons (Fsp3) is 0.444. The summed E-state index contributed by atoms with van der Waals surface area (Å²) in [7, 11) is -4.48. The van der Waals surface area contributed by atoms with Crippen molar-refractivity contribution in [3.63, 3.8) is 0 Å². The van der Waals surface area contributed by atoms with Crippen molar-refractivity contribution >= 4 is 38.1 Å². The standard InChI is InChI=1S/C18H19F5N4O3S2/c19-11-2-1-3-12(20)13(11)14(28)15-16(24)26-17(31-15)25-9-4-6-10(7-5-9)27-32(29,30)8-18(21,22)23/h1-3,9-10,27H,4-8,24H2,(H,25,26)/t9-,10-. The number of carbonyl (C=O) groups is 1. The monoisotopic (exact) mass is 498 g/mol. The first-order valence-electron chi connectivity index (χ1n) is 9.43. The third-order valence-corrected chi connectivity index (χ3v) is 7.21. The molecule has 1 aromatic carbocycles. The Bertz CT molecular complexity index is 1080. The lowest BCUT2D eigenvalue weighted by Crippen LogP contribution is -2.43. The molecule has 0 spiro atoms. The van der Waals surface area contributed by atoms with Crippen molar-refractivity contribution in [3.05, 3.63) is 40.3 Å².